The number of ketones is 1. The lowest BCUT2D eigenvalue weighted by atomic mass is 9.35. The van der Waals surface area contributed by atoms with E-state index in [2.05, 4.69) is 77.9 Å². The van der Waals surface area contributed by atoms with Gasteiger partial charge in [-0.15, -0.1) is 0 Å². The number of carboxylic acid groups (broad SMARTS) is 1. The van der Waals surface area contributed by atoms with Gasteiger partial charge in [-0.1, -0.05) is 61.0 Å². The predicted molar refractivity (Wildman–Crippen MR) is 209 cm³/mol. The Kier molecular flexibility index (Phi) is 10.8. The molecule has 1 aromatic heterocycles. The van der Waals surface area contributed by atoms with Crippen LogP contribution in [0.1, 0.15) is 132 Å². The predicted octanol–water partition coefficient (Wildman–Crippen LogP) is 7.11. The van der Waals surface area contributed by atoms with E-state index in [1.807, 2.05) is 33.9 Å². The van der Waals surface area contributed by atoms with Crippen LogP contribution in [-0.2, 0) is 19.0 Å². The fraction of sp³-hybridized carbons (Fsp3) is 0.837. The molecule has 308 valence electrons. The normalized spacial score (nSPS) is 40.1. The summed E-state index contributed by atoms with van der Waals surface area (Å²) in [6.45, 7) is 26.9. The SMILES string of the molecule is CN[C@@](C)(CO[C@H]1[C@H](n2ncnc2C(=O)NC(C)C)C[C@@]23COC[C@]1(C)[C@@H]2CC[C@H]1C3=CC(=O)[C@]2(C)[C@H](OC(=O)O)[C@@](C)([C@H](C)C(C)C)CC[C@]12C)C(C)C. The second-order valence-electron chi connectivity index (χ2n) is 20.2. The van der Waals surface area contributed by atoms with E-state index >= 15 is 4.79 Å². The quantitative estimate of drug-likeness (QED) is 0.199. The van der Waals surface area contributed by atoms with E-state index in [0.717, 1.165) is 31.3 Å². The van der Waals surface area contributed by atoms with E-state index in [1.165, 1.54) is 6.33 Å². The molecule has 12 nitrogen and oxygen atoms in total. The van der Waals surface area contributed by atoms with Gasteiger partial charge in [-0.25, -0.2) is 14.5 Å². The number of rotatable bonds is 11. The first-order valence-electron chi connectivity index (χ1n) is 20.8. The third-order valence-corrected chi connectivity index (χ3v) is 16.7. The zero-order valence-corrected chi connectivity index (χ0v) is 35.7. The minimum atomic E-state index is -1.34. The van der Waals surface area contributed by atoms with Gasteiger partial charge in [0.25, 0.3) is 5.91 Å². The first kappa shape index (κ1) is 41.8. The van der Waals surface area contributed by atoms with Crippen LogP contribution in [0.25, 0.3) is 0 Å². The summed E-state index contributed by atoms with van der Waals surface area (Å²) >= 11 is 0. The number of allylic oxidation sites excluding steroid dienone is 1. The third-order valence-electron chi connectivity index (χ3n) is 16.7. The van der Waals surface area contributed by atoms with E-state index in [0.29, 0.717) is 26.2 Å². The monoisotopic (exact) mass is 768 g/mol. The Morgan fingerprint density at radius 1 is 1.07 bits per heavy atom. The fourth-order valence-corrected chi connectivity index (χ4v) is 12.4. The van der Waals surface area contributed by atoms with Gasteiger partial charge in [-0.2, -0.15) is 5.10 Å². The van der Waals surface area contributed by atoms with Crippen LogP contribution in [0.15, 0.2) is 18.0 Å². The standard InChI is InChI=1S/C43H69N5O7/c1-24(2)27(7)38(8)16-17-40(10)28-14-15-31-39(9)20-53-22-43(31,29(28)18-32(49)42(40,12)36(38)55-37(51)52)19-30(33(39)54-21-41(11,44-13)25(3)4)48-34(45-23-46-48)35(50)47-26(5)6/h18,23-28,30-31,33,36,44H,14-17,19-22H2,1-13H3,(H,47,50)(H,51,52)/t27-,28+,30-,31+,33+,36-,38-,39-,40-,41+,42-,43+/m1/s1. The summed E-state index contributed by atoms with van der Waals surface area (Å²) in [6.07, 6.45) is 4.69. The molecule has 0 aromatic carbocycles. The summed E-state index contributed by atoms with van der Waals surface area (Å²) in [4.78, 5) is 45.9. The number of amides is 1. The summed E-state index contributed by atoms with van der Waals surface area (Å²) in [5.74, 6) is 0.709. The molecule has 5 aliphatic rings. The molecule has 1 aromatic rings. The molecular formula is C43H69N5O7. The number of likely N-dealkylation sites (N-methyl/N-ethyl adjacent to an activating group) is 1. The van der Waals surface area contributed by atoms with Crippen LogP contribution in [0.4, 0.5) is 4.79 Å². The molecule has 55 heavy (non-hydrogen) atoms. The third kappa shape index (κ3) is 6.12. The van der Waals surface area contributed by atoms with Crippen LogP contribution in [0.5, 0.6) is 0 Å². The highest BCUT2D eigenvalue weighted by atomic mass is 16.7. The molecule has 1 aliphatic heterocycles. The van der Waals surface area contributed by atoms with Crippen LogP contribution in [-0.4, -0.2) is 88.4 Å². The van der Waals surface area contributed by atoms with Gasteiger partial charge in [0.05, 0.1) is 37.4 Å². The Labute approximate surface area is 328 Å². The molecule has 3 saturated carbocycles. The molecule has 2 heterocycles. The first-order valence-corrected chi connectivity index (χ1v) is 20.8. The molecule has 4 fully saturated rings. The van der Waals surface area contributed by atoms with E-state index in [1.54, 1.807) is 4.68 Å². The number of carbonyl (C=O) groups excluding carboxylic acids is 2. The number of carbonyl (C=O) groups is 3. The molecule has 0 radical (unpaired) electrons. The van der Waals surface area contributed by atoms with Crippen molar-refractivity contribution in [3.63, 3.8) is 0 Å². The first-order chi connectivity index (χ1) is 25.6. The Bertz CT molecular complexity index is 1690. The molecule has 0 unspecified atom stereocenters. The number of fused-ring (bicyclic) bond motifs is 3. The molecule has 4 aliphatic carbocycles. The minimum Gasteiger partial charge on any atom is -0.450 e. The van der Waals surface area contributed by atoms with Crippen molar-refractivity contribution in [1.29, 1.82) is 0 Å². The average molecular weight is 768 g/mol. The molecule has 12 heteroatoms. The highest BCUT2D eigenvalue weighted by Crippen LogP contribution is 2.74. The number of ether oxygens (including phenoxy) is 3. The Morgan fingerprint density at radius 3 is 2.36 bits per heavy atom. The number of nitrogens with zero attached hydrogens (tertiary/aromatic N) is 3. The zero-order chi connectivity index (χ0) is 40.7. The van der Waals surface area contributed by atoms with E-state index < -0.39 is 39.3 Å². The van der Waals surface area contributed by atoms with E-state index in [4.69, 9.17) is 19.3 Å². The van der Waals surface area contributed by atoms with Gasteiger partial charge >= 0.3 is 6.16 Å². The highest BCUT2D eigenvalue weighted by Gasteiger charge is 2.74. The smallest absolute Gasteiger partial charge is 0.450 e. The summed E-state index contributed by atoms with van der Waals surface area (Å²) < 4.78 is 21.6. The molecule has 0 spiro atoms. The highest BCUT2D eigenvalue weighted by molar-refractivity contribution is 5.98. The van der Waals surface area contributed by atoms with Crippen molar-refractivity contribution in [3.8, 4) is 0 Å². The van der Waals surface area contributed by atoms with Crippen LogP contribution >= 0.6 is 0 Å². The van der Waals surface area contributed by atoms with Crippen LogP contribution in [0.2, 0.25) is 0 Å². The van der Waals surface area contributed by atoms with Gasteiger partial charge < -0.3 is 30.0 Å². The molecule has 6 rings (SSSR count). The van der Waals surface area contributed by atoms with Crippen molar-refractivity contribution in [2.24, 2.45) is 56.7 Å². The fourth-order valence-electron chi connectivity index (χ4n) is 12.4. The lowest BCUT2D eigenvalue weighted by Gasteiger charge is -2.70. The second kappa shape index (κ2) is 14.2. The number of hydrogen-bond acceptors (Lipinski definition) is 9. The van der Waals surface area contributed by atoms with Crippen LogP contribution in [0, 0.1) is 56.7 Å². The largest absolute Gasteiger partial charge is 0.506 e. The van der Waals surface area contributed by atoms with Gasteiger partial charge in [0.1, 0.15) is 12.4 Å². The summed E-state index contributed by atoms with van der Waals surface area (Å²) in [5, 5.41) is 21.5. The Hall–Kier alpha value is -2.83. The molecule has 12 atom stereocenters. The minimum absolute atomic E-state index is 0.00213. The average Bonchev–Trinajstić information content (AvgIpc) is 3.60. The Balaban J connectivity index is 1.51. The van der Waals surface area contributed by atoms with E-state index in [-0.39, 0.29) is 70.8 Å². The van der Waals surface area contributed by atoms with Gasteiger partial charge in [0.15, 0.2) is 5.78 Å². The number of nitrogens with one attached hydrogen (secondary N) is 2. The summed E-state index contributed by atoms with van der Waals surface area (Å²) in [5.41, 5.74) is -2.40. The maximum Gasteiger partial charge on any atom is 0.506 e. The van der Waals surface area contributed by atoms with Crippen LogP contribution < -0.4 is 10.6 Å². The molecule has 3 N–H and O–H groups in total. The van der Waals surface area contributed by atoms with Crippen molar-refractivity contribution >= 4 is 17.8 Å². The van der Waals surface area contributed by atoms with Crippen molar-refractivity contribution < 1.29 is 33.7 Å². The topological polar surface area (TPSA) is 154 Å². The molecule has 1 saturated heterocycles. The van der Waals surface area contributed by atoms with Gasteiger partial charge in [-0.05, 0) is 108 Å². The van der Waals surface area contributed by atoms with Crippen molar-refractivity contribution in [3.05, 3.63) is 23.8 Å². The maximum atomic E-state index is 15.2. The number of aromatic nitrogens is 3. The summed E-state index contributed by atoms with van der Waals surface area (Å²) in [7, 11) is 1.97. The second-order valence-corrected chi connectivity index (χ2v) is 20.2. The Morgan fingerprint density at radius 2 is 1.76 bits per heavy atom. The van der Waals surface area contributed by atoms with Crippen molar-refractivity contribution in [1.82, 2.24) is 25.4 Å². The molecular weight excluding hydrogens is 699 g/mol. The zero-order valence-electron chi connectivity index (χ0n) is 35.7. The summed E-state index contributed by atoms with van der Waals surface area (Å²) in [6, 6.07) is -0.469. The number of hydrogen-bond donors (Lipinski definition) is 3. The van der Waals surface area contributed by atoms with Gasteiger partial charge in [0, 0.05) is 27.8 Å². The van der Waals surface area contributed by atoms with Crippen molar-refractivity contribution in [2.75, 3.05) is 26.9 Å². The lowest BCUT2D eigenvalue weighted by molar-refractivity contribution is -0.254. The maximum absolute atomic E-state index is 15.2. The van der Waals surface area contributed by atoms with Crippen molar-refractivity contribution in [2.45, 2.75) is 145 Å². The molecule has 1 amide bonds. The lowest BCUT2D eigenvalue weighted by Crippen LogP contribution is -2.71. The van der Waals surface area contributed by atoms with Gasteiger partial charge in [-0.3, -0.25) is 9.59 Å². The van der Waals surface area contributed by atoms with E-state index in [9.17, 15) is 14.7 Å². The molecule has 2 bridgehead atoms. The van der Waals surface area contributed by atoms with Gasteiger partial charge in [0.2, 0.25) is 5.82 Å². The van der Waals surface area contributed by atoms with Crippen LogP contribution in [0.3, 0.4) is 0 Å².